The summed E-state index contributed by atoms with van der Waals surface area (Å²) >= 11 is 0. The number of anilines is 1. The van der Waals surface area contributed by atoms with Crippen LogP contribution < -0.4 is 14.8 Å². The Hall–Kier alpha value is -2.16. The molecule has 136 valence electrons. The van der Waals surface area contributed by atoms with E-state index in [1.807, 2.05) is 24.3 Å². The van der Waals surface area contributed by atoms with Gasteiger partial charge in [-0.1, -0.05) is 51.3 Å². The second-order valence-corrected chi connectivity index (χ2v) is 6.28. The quantitative estimate of drug-likeness (QED) is 0.477. The third kappa shape index (κ3) is 7.51. The van der Waals surface area contributed by atoms with E-state index in [4.69, 9.17) is 9.47 Å². The molecule has 0 aliphatic heterocycles. The molecule has 25 heavy (non-hydrogen) atoms. The standard InChI is InChI=1S/C22H31NO2/c1-3-5-6-7-16-25-22-10-8-9-20(17-22)23-18-19-11-13-21(14-12-19)24-15-4-2/h8-14,17,23H,3-7,15-16,18H2,1-2H3. The first-order valence-corrected chi connectivity index (χ1v) is 9.50. The van der Waals surface area contributed by atoms with Gasteiger partial charge < -0.3 is 14.8 Å². The summed E-state index contributed by atoms with van der Waals surface area (Å²) in [6, 6.07) is 16.5. The van der Waals surface area contributed by atoms with Crippen LogP contribution in [0.3, 0.4) is 0 Å². The molecule has 0 spiro atoms. The van der Waals surface area contributed by atoms with Crippen molar-refractivity contribution in [2.24, 2.45) is 0 Å². The van der Waals surface area contributed by atoms with Crippen molar-refractivity contribution in [2.75, 3.05) is 18.5 Å². The summed E-state index contributed by atoms with van der Waals surface area (Å²) in [6.45, 7) is 6.68. The molecule has 3 heteroatoms. The van der Waals surface area contributed by atoms with E-state index in [1.165, 1.54) is 24.8 Å². The first-order chi connectivity index (χ1) is 12.3. The molecule has 0 atom stereocenters. The molecule has 0 aliphatic rings. The molecule has 1 N–H and O–H groups in total. The summed E-state index contributed by atoms with van der Waals surface area (Å²) in [4.78, 5) is 0. The van der Waals surface area contributed by atoms with Gasteiger partial charge in [0.1, 0.15) is 11.5 Å². The van der Waals surface area contributed by atoms with Crippen LogP contribution in [0.4, 0.5) is 5.69 Å². The summed E-state index contributed by atoms with van der Waals surface area (Å²) < 4.78 is 11.5. The molecule has 0 saturated carbocycles. The second-order valence-electron chi connectivity index (χ2n) is 6.28. The van der Waals surface area contributed by atoms with Gasteiger partial charge in [0.05, 0.1) is 13.2 Å². The molecular weight excluding hydrogens is 310 g/mol. The highest BCUT2D eigenvalue weighted by Gasteiger charge is 1.99. The van der Waals surface area contributed by atoms with Crippen molar-refractivity contribution in [1.29, 1.82) is 0 Å². The predicted octanol–water partition coefficient (Wildman–Crippen LogP) is 6.05. The molecule has 0 radical (unpaired) electrons. The lowest BCUT2D eigenvalue weighted by atomic mass is 10.2. The van der Waals surface area contributed by atoms with E-state index < -0.39 is 0 Å². The monoisotopic (exact) mass is 341 g/mol. The third-order valence-electron chi connectivity index (χ3n) is 3.99. The van der Waals surface area contributed by atoms with Crippen LogP contribution in [0.5, 0.6) is 11.5 Å². The number of benzene rings is 2. The van der Waals surface area contributed by atoms with E-state index in [-0.39, 0.29) is 0 Å². The van der Waals surface area contributed by atoms with Gasteiger partial charge in [-0.3, -0.25) is 0 Å². The maximum atomic E-state index is 5.84. The van der Waals surface area contributed by atoms with Crippen molar-refractivity contribution in [3.8, 4) is 11.5 Å². The molecule has 0 fully saturated rings. The van der Waals surface area contributed by atoms with Gasteiger partial charge in [-0.2, -0.15) is 0 Å². The number of unbranched alkanes of at least 4 members (excludes halogenated alkanes) is 3. The maximum Gasteiger partial charge on any atom is 0.121 e. The highest BCUT2D eigenvalue weighted by molar-refractivity contribution is 5.48. The van der Waals surface area contributed by atoms with Gasteiger partial charge in [0, 0.05) is 18.3 Å². The Kier molecular flexibility index (Phi) is 8.74. The summed E-state index contributed by atoms with van der Waals surface area (Å²) in [6.07, 6.45) is 5.93. The normalized spacial score (nSPS) is 10.5. The fourth-order valence-corrected chi connectivity index (χ4v) is 2.54. The van der Waals surface area contributed by atoms with Crippen molar-refractivity contribution in [3.63, 3.8) is 0 Å². The topological polar surface area (TPSA) is 30.5 Å². The van der Waals surface area contributed by atoms with Crippen molar-refractivity contribution >= 4 is 5.69 Å². The van der Waals surface area contributed by atoms with Crippen molar-refractivity contribution in [3.05, 3.63) is 54.1 Å². The van der Waals surface area contributed by atoms with Gasteiger partial charge in [0.25, 0.3) is 0 Å². The smallest absolute Gasteiger partial charge is 0.121 e. The fourth-order valence-electron chi connectivity index (χ4n) is 2.54. The molecule has 0 bridgehead atoms. The SMILES string of the molecule is CCCCCCOc1cccc(NCc2ccc(OCCC)cc2)c1. The van der Waals surface area contributed by atoms with Gasteiger partial charge in [-0.25, -0.2) is 0 Å². The number of hydrogen-bond donors (Lipinski definition) is 1. The Morgan fingerprint density at radius 3 is 2.32 bits per heavy atom. The molecule has 0 unspecified atom stereocenters. The minimum Gasteiger partial charge on any atom is -0.494 e. The lowest BCUT2D eigenvalue weighted by Crippen LogP contribution is -2.01. The average Bonchev–Trinajstić information content (AvgIpc) is 2.66. The van der Waals surface area contributed by atoms with Crippen LogP contribution in [0.15, 0.2) is 48.5 Å². The van der Waals surface area contributed by atoms with Crippen LogP contribution >= 0.6 is 0 Å². The minimum absolute atomic E-state index is 0.767. The molecule has 0 saturated heterocycles. The van der Waals surface area contributed by atoms with E-state index in [0.29, 0.717) is 0 Å². The molecule has 0 aromatic heterocycles. The van der Waals surface area contributed by atoms with Crippen molar-refractivity contribution in [2.45, 2.75) is 52.5 Å². The molecule has 2 aromatic carbocycles. The Labute approximate surface area is 152 Å². The Morgan fingerprint density at radius 1 is 0.760 bits per heavy atom. The number of nitrogens with one attached hydrogen (secondary N) is 1. The Morgan fingerprint density at radius 2 is 1.56 bits per heavy atom. The van der Waals surface area contributed by atoms with Crippen LogP contribution in [0.25, 0.3) is 0 Å². The lowest BCUT2D eigenvalue weighted by molar-refractivity contribution is 0.305. The van der Waals surface area contributed by atoms with Crippen molar-refractivity contribution in [1.82, 2.24) is 0 Å². The van der Waals surface area contributed by atoms with Gasteiger partial charge in [0.15, 0.2) is 0 Å². The molecular formula is C22H31NO2. The number of hydrogen-bond acceptors (Lipinski definition) is 3. The maximum absolute atomic E-state index is 5.84. The molecule has 3 nitrogen and oxygen atoms in total. The largest absolute Gasteiger partial charge is 0.494 e. The van der Waals surface area contributed by atoms with Crippen LogP contribution in [-0.4, -0.2) is 13.2 Å². The zero-order chi connectivity index (χ0) is 17.7. The van der Waals surface area contributed by atoms with E-state index in [9.17, 15) is 0 Å². The van der Waals surface area contributed by atoms with Gasteiger partial charge in [-0.15, -0.1) is 0 Å². The zero-order valence-corrected chi connectivity index (χ0v) is 15.6. The van der Waals surface area contributed by atoms with Crippen LogP contribution in [0, 0.1) is 0 Å². The minimum atomic E-state index is 0.767. The van der Waals surface area contributed by atoms with Gasteiger partial charge in [0.2, 0.25) is 0 Å². The first-order valence-electron chi connectivity index (χ1n) is 9.50. The lowest BCUT2D eigenvalue weighted by Gasteiger charge is -2.11. The van der Waals surface area contributed by atoms with Crippen molar-refractivity contribution < 1.29 is 9.47 Å². The molecule has 0 amide bonds. The highest BCUT2D eigenvalue weighted by atomic mass is 16.5. The molecule has 0 heterocycles. The molecule has 2 rings (SSSR count). The van der Waals surface area contributed by atoms with Crippen LogP contribution in [0.2, 0.25) is 0 Å². The predicted molar refractivity (Wildman–Crippen MR) is 106 cm³/mol. The first kappa shape index (κ1) is 19.2. The van der Waals surface area contributed by atoms with E-state index >= 15 is 0 Å². The van der Waals surface area contributed by atoms with Gasteiger partial charge in [-0.05, 0) is 42.7 Å². The summed E-state index contributed by atoms with van der Waals surface area (Å²) in [5.74, 6) is 1.87. The Balaban J connectivity index is 1.77. The second kappa shape index (κ2) is 11.4. The zero-order valence-electron chi connectivity index (χ0n) is 15.6. The van der Waals surface area contributed by atoms with E-state index in [1.54, 1.807) is 0 Å². The number of rotatable bonds is 12. The third-order valence-corrected chi connectivity index (χ3v) is 3.99. The van der Waals surface area contributed by atoms with E-state index in [2.05, 4.69) is 43.4 Å². The fraction of sp³-hybridized carbons (Fsp3) is 0.455. The molecule has 0 aliphatic carbocycles. The highest BCUT2D eigenvalue weighted by Crippen LogP contribution is 2.19. The summed E-state index contributed by atoms with van der Waals surface area (Å²) in [7, 11) is 0. The van der Waals surface area contributed by atoms with Crippen LogP contribution in [-0.2, 0) is 6.54 Å². The molecule has 2 aromatic rings. The van der Waals surface area contributed by atoms with E-state index in [0.717, 1.165) is 49.8 Å². The number of ether oxygens (including phenoxy) is 2. The summed E-state index contributed by atoms with van der Waals surface area (Å²) in [5.41, 5.74) is 2.31. The summed E-state index contributed by atoms with van der Waals surface area (Å²) in [5, 5.41) is 3.45. The Bertz CT molecular complexity index is 595. The average molecular weight is 341 g/mol. The van der Waals surface area contributed by atoms with Crippen LogP contribution in [0.1, 0.15) is 51.5 Å². The van der Waals surface area contributed by atoms with Gasteiger partial charge >= 0.3 is 0 Å².